The van der Waals surface area contributed by atoms with E-state index in [1.165, 1.54) is 60.8 Å². The molecule has 4 aromatic carbocycles. The third-order valence-electron chi connectivity index (χ3n) is 7.40. The van der Waals surface area contributed by atoms with E-state index in [0.29, 0.717) is 27.6 Å². The number of nitrogens with zero attached hydrogens (tertiary/aromatic N) is 2. The lowest BCUT2D eigenvalue weighted by Gasteiger charge is -2.15. The van der Waals surface area contributed by atoms with Gasteiger partial charge in [-0.3, -0.25) is 14.1 Å². The second-order valence-electron chi connectivity index (χ2n) is 11.2. The van der Waals surface area contributed by atoms with Gasteiger partial charge in [0.1, 0.15) is 28.7 Å². The van der Waals surface area contributed by atoms with Gasteiger partial charge < -0.3 is 40.6 Å². The van der Waals surface area contributed by atoms with Crippen molar-refractivity contribution in [3.8, 4) is 34.1 Å². The van der Waals surface area contributed by atoms with Crippen LogP contribution >= 0.6 is 63.7 Å². The maximum Gasteiger partial charge on any atom is 0.446 e. The first-order valence-corrected chi connectivity index (χ1v) is 19.7. The molecule has 15 nitrogen and oxygen atoms in total. The van der Waals surface area contributed by atoms with Gasteiger partial charge in [0.05, 0.1) is 17.9 Å². The number of aromatic hydroxyl groups is 3. The molecule has 8 N–H and O–H groups in total. The van der Waals surface area contributed by atoms with Gasteiger partial charge in [0.2, 0.25) is 0 Å². The molecule has 0 saturated carbocycles. The summed E-state index contributed by atoms with van der Waals surface area (Å²) in [6.07, 6.45) is 2.72. The maximum absolute atomic E-state index is 12.9. The number of hydrogen-bond donors (Lipinski definition) is 8. The summed E-state index contributed by atoms with van der Waals surface area (Å²) in [4.78, 5) is 25.8. The van der Waals surface area contributed by atoms with Crippen LogP contribution in [0.25, 0.3) is 17.2 Å². The van der Waals surface area contributed by atoms with Gasteiger partial charge >= 0.3 is 10.4 Å². The monoisotopic (exact) mass is 1020 g/mol. The minimum absolute atomic E-state index is 0.0803. The Balaban J connectivity index is 1.48. The third-order valence-corrected chi connectivity index (χ3v) is 10.3. The number of amides is 2. The van der Waals surface area contributed by atoms with Crippen molar-refractivity contribution in [1.29, 1.82) is 0 Å². The van der Waals surface area contributed by atoms with Crippen molar-refractivity contribution in [2.45, 2.75) is 19.3 Å². The standard InChI is InChI=1S/C34H28Br4N4O11S/c35-23-11-17(1-3-29(23)43)5-7-39-33(46)27(41-48)15-19-9-21(31(44)25(37)13-19)22-10-20(14-26(38)32(22)45)16-28(42-49)34(47)40-8-6-18-2-4-30(24(36)12-18)53-54(50,51)52/h1-4,6,8-14,43-45,48-49H,5,7,15-16H2,(H,39,46)(H,40,47)(H,50,51,52). The van der Waals surface area contributed by atoms with Crippen LogP contribution < -0.4 is 14.8 Å². The topological polar surface area (TPSA) is 248 Å². The Hall–Kier alpha value is -4.47. The predicted octanol–water partition coefficient (Wildman–Crippen LogP) is 6.59. The second-order valence-corrected chi connectivity index (χ2v) is 15.6. The Morgan fingerprint density at radius 3 is 1.80 bits per heavy atom. The van der Waals surface area contributed by atoms with Crippen LogP contribution in [0.3, 0.4) is 0 Å². The highest BCUT2D eigenvalue weighted by molar-refractivity contribution is 9.11. The molecular weight excluding hydrogens is 992 g/mol. The van der Waals surface area contributed by atoms with Gasteiger partial charge in [0, 0.05) is 36.7 Å². The summed E-state index contributed by atoms with van der Waals surface area (Å²) >= 11 is 12.9. The van der Waals surface area contributed by atoms with Crippen LogP contribution in [0.2, 0.25) is 0 Å². The molecule has 4 aromatic rings. The quantitative estimate of drug-likeness (QED) is 0.0290. The molecule has 4 rings (SSSR count). The molecule has 0 fully saturated rings. The summed E-state index contributed by atoms with van der Waals surface area (Å²) in [6, 6.07) is 15.0. The first-order chi connectivity index (χ1) is 25.5. The molecule has 20 heteroatoms. The van der Waals surface area contributed by atoms with Crippen molar-refractivity contribution in [3.05, 3.63) is 107 Å². The first-order valence-electron chi connectivity index (χ1n) is 15.1. The van der Waals surface area contributed by atoms with E-state index < -0.39 is 22.2 Å². The number of benzene rings is 4. The van der Waals surface area contributed by atoms with E-state index in [1.54, 1.807) is 12.1 Å². The molecule has 0 aliphatic heterocycles. The van der Waals surface area contributed by atoms with E-state index >= 15 is 0 Å². The summed E-state index contributed by atoms with van der Waals surface area (Å²) in [5.74, 6) is -2.07. The molecular formula is C34H28Br4N4O11S. The van der Waals surface area contributed by atoms with Gasteiger partial charge in [-0.1, -0.05) is 22.4 Å². The van der Waals surface area contributed by atoms with Crippen LogP contribution in [0.1, 0.15) is 22.3 Å². The lowest BCUT2D eigenvalue weighted by atomic mass is 9.95. The number of carbonyl (C=O) groups excluding carboxylic acids is 2. The van der Waals surface area contributed by atoms with Gasteiger partial charge in [-0.15, -0.1) is 0 Å². The van der Waals surface area contributed by atoms with E-state index in [9.17, 15) is 43.7 Å². The molecule has 0 aliphatic carbocycles. The number of hydrogen-bond acceptors (Lipinski definition) is 12. The molecule has 0 saturated heterocycles. The molecule has 0 aliphatic rings. The molecule has 0 atom stereocenters. The minimum atomic E-state index is -4.73. The first kappa shape index (κ1) is 42.3. The van der Waals surface area contributed by atoms with Gasteiger partial charge in [0.25, 0.3) is 11.8 Å². The molecule has 0 radical (unpaired) electrons. The number of oxime groups is 2. The third kappa shape index (κ3) is 11.5. The van der Waals surface area contributed by atoms with E-state index in [-0.39, 0.29) is 78.4 Å². The van der Waals surface area contributed by atoms with Crippen molar-refractivity contribution in [2.24, 2.45) is 10.3 Å². The fourth-order valence-corrected chi connectivity index (χ4v) is 7.26. The van der Waals surface area contributed by atoms with Crippen LogP contribution in [0.15, 0.2) is 95.1 Å². The van der Waals surface area contributed by atoms with Crippen LogP contribution in [-0.4, -0.2) is 68.5 Å². The number of carbonyl (C=O) groups is 2. The molecule has 0 unspecified atom stereocenters. The van der Waals surface area contributed by atoms with Gasteiger partial charge in [0.15, 0.2) is 5.75 Å². The van der Waals surface area contributed by atoms with Crippen molar-refractivity contribution in [1.82, 2.24) is 10.6 Å². The van der Waals surface area contributed by atoms with Crippen LogP contribution in [0.5, 0.6) is 23.0 Å². The highest BCUT2D eigenvalue weighted by Gasteiger charge is 2.21. The van der Waals surface area contributed by atoms with Gasteiger partial charge in [-0.25, -0.2) is 0 Å². The van der Waals surface area contributed by atoms with Crippen molar-refractivity contribution < 1.29 is 52.5 Å². The maximum atomic E-state index is 12.9. The van der Waals surface area contributed by atoms with E-state index in [0.717, 1.165) is 5.56 Å². The fraction of sp³-hybridized carbons (Fsp3) is 0.118. The number of phenols is 3. The fourth-order valence-electron chi connectivity index (χ4n) is 4.86. The molecule has 0 spiro atoms. The molecule has 0 aromatic heterocycles. The van der Waals surface area contributed by atoms with Crippen molar-refractivity contribution >= 4 is 103 Å². The predicted molar refractivity (Wildman–Crippen MR) is 212 cm³/mol. The Labute approximate surface area is 341 Å². The minimum Gasteiger partial charge on any atom is -0.507 e. The lowest BCUT2D eigenvalue weighted by Crippen LogP contribution is -2.33. The summed E-state index contributed by atoms with van der Waals surface area (Å²) in [5, 5.41) is 62.4. The molecule has 2 amide bonds. The number of phenolic OH excluding ortho intramolecular Hbond substituents is 3. The zero-order valence-electron chi connectivity index (χ0n) is 27.3. The van der Waals surface area contributed by atoms with E-state index in [2.05, 4.69) is 88.8 Å². The average molecular weight is 1020 g/mol. The van der Waals surface area contributed by atoms with Crippen molar-refractivity contribution in [2.75, 3.05) is 6.54 Å². The molecule has 0 bridgehead atoms. The summed E-state index contributed by atoms with van der Waals surface area (Å²) < 4.78 is 36.3. The summed E-state index contributed by atoms with van der Waals surface area (Å²) in [6.45, 7) is 0.200. The van der Waals surface area contributed by atoms with E-state index in [1.807, 2.05) is 0 Å². The Morgan fingerprint density at radius 1 is 0.722 bits per heavy atom. The molecule has 0 heterocycles. The average Bonchev–Trinajstić information content (AvgIpc) is 3.11. The smallest absolute Gasteiger partial charge is 0.446 e. The molecule has 284 valence electrons. The normalized spacial score (nSPS) is 12.2. The zero-order chi connectivity index (χ0) is 39.7. The molecule has 54 heavy (non-hydrogen) atoms. The van der Waals surface area contributed by atoms with E-state index in [4.69, 9.17) is 4.55 Å². The van der Waals surface area contributed by atoms with Crippen molar-refractivity contribution in [3.63, 3.8) is 0 Å². The van der Waals surface area contributed by atoms with Crippen LogP contribution in [-0.2, 0) is 39.3 Å². The summed E-state index contributed by atoms with van der Waals surface area (Å²) in [7, 11) is -4.73. The van der Waals surface area contributed by atoms with Gasteiger partial charge in [-0.2, -0.15) is 8.42 Å². The largest absolute Gasteiger partial charge is 0.507 e. The lowest BCUT2D eigenvalue weighted by molar-refractivity contribution is -0.115. The Kier molecular flexibility index (Phi) is 14.7. The Morgan fingerprint density at radius 2 is 1.28 bits per heavy atom. The number of nitrogens with one attached hydrogen (secondary N) is 2. The van der Waals surface area contributed by atoms with Crippen LogP contribution in [0, 0.1) is 0 Å². The Bertz CT molecular complexity index is 2300. The second kappa shape index (κ2) is 18.7. The number of halogens is 4. The van der Waals surface area contributed by atoms with Crippen LogP contribution in [0.4, 0.5) is 0 Å². The highest BCUT2D eigenvalue weighted by Crippen LogP contribution is 2.44. The highest BCUT2D eigenvalue weighted by atomic mass is 79.9. The zero-order valence-corrected chi connectivity index (χ0v) is 34.5. The van der Waals surface area contributed by atoms with Gasteiger partial charge in [-0.05, 0) is 147 Å². The number of rotatable bonds is 14. The SMILES string of the molecule is O=C(NC=Cc1ccc(OS(=O)(=O)O)c(Br)c1)C(Cc1cc(Br)c(O)c(-c2cc(CC(=NO)C(=O)NCCc3ccc(O)c(Br)c3)cc(Br)c2O)c1)=NO. The summed E-state index contributed by atoms with van der Waals surface area (Å²) in [5.41, 5.74) is 1.78.